The first-order valence-electron chi connectivity index (χ1n) is 7.33. The van der Waals surface area contributed by atoms with Gasteiger partial charge in [-0.3, -0.25) is 0 Å². The predicted octanol–water partition coefficient (Wildman–Crippen LogP) is 3.44. The lowest BCUT2D eigenvalue weighted by Crippen LogP contribution is -2.39. The minimum atomic E-state index is -1.33. The van der Waals surface area contributed by atoms with Gasteiger partial charge in [-0.2, -0.15) is 0 Å². The van der Waals surface area contributed by atoms with Gasteiger partial charge in [0, 0.05) is 31.1 Å². The fourth-order valence-corrected chi connectivity index (χ4v) is 3.37. The molecule has 0 radical (unpaired) electrons. The first-order valence-corrected chi connectivity index (χ1v) is 8.09. The summed E-state index contributed by atoms with van der Waals surface area (Å²) in [6.45, 7) is 0.176. The molecule has 0 aliphatic carbocycles. The number of anilines is 1. The van der Waals surface area contributed by atoms with Crippen LogP contribution in [-0.2, 0) is 0 Å². The first-order chi connectivity index (χ1) is 12.2. The maximum absolute atomic E-state index is 14.2. The van der Waals surface area contributed by atoms with Crippen LogP contribution in [0, 0.1) is 17.5 Å². The Balaban J connectivity index is 1.97. The molecule has 1 aromatic heterocycles. The Hall–Kier alpha value is -2.26. The minimum absolute atomic E-state index is 0.0743. The SMILES string of the molecule is O=C(O)N[C@H]1CN(c2cc(Cl)nc(Cl)n2)C[C@@H]1c1cc(F)c(F)cc1F. The van der Waals surface area contributed by atoms with Crippen LogP contribution in [0.5, 0.6) is 0 Å². The van der Waals surface area contributed by atoms with E-state index in [1.807, 2.05) is 0 Å². The van der Waals surface area contributed by atoms with E-state index in [9.17, 15) is 18.0 Å². The summed E-state index contributed by atoms with van der Waals surface area (Å²) in [5, 5.41) is 11.3. The summed E-state index contributed by atoms with van der Waals surface area (Å²) in [6, 6.07) is 1.79. The number of aromatic nitrogens is 2. The van der Waals surface area contributed by atoms with Crippen molar-refractivity contribution in [3.8, 4) is 0 Å². The Morgan fingerprint density at radius 2 is 1.81 bits per heavy atom. The highest BCUT2D eigenvalue weighted by molar-refractivity contribution is 6.32. The quantitative estimate of drug-likeness (QED) is 0.463. The molecule has 3 rings (SSSR count). The molecule has 0 bridgehead atoms. The summed E-state index contributed by atoms with van der Waals surface area (Å²) < 4.78 is 41.0. The van der Waals surface area contributed by atoms with Gasteiger partial charge in [-0.25, -0.2) is 27.9 Å². The zero-order valence-electron chi connectivity index (χ0n) is 12.9. The van der Waals surface area contributed by atoms with Gasteiger partial charge in [0.1, 0.15) is 16.8 Å². The van der Waals surface area contributed by atoms with Crippen molar-refractivity contribution in [3.63, 3.8) is 0 Å². The second-order valence-electron chi connectivity index (χ2n) is 5.67. The van der Waals surface area contributed by atoms with Gasteiger partial charge in [0.25, 0.3) is 0 Å². The lowest BCUT2D eigenvalue weighted by molar-refractivity contribution is 0.189. The third-order valence-electron chi connectivity index (χ3n) is 4.05. The van der Waals surface area contributed by atoms with Crippen molar-refractivity contribution < 1.29 is 23.1 Å². The lowest BCUT2D eigenvalue weighted by atomic mass is 9.93. The molecule has 1 aliphatic heterocycles. The predicted molar refractivity (Wildman–Crippen MR) is 88.3 cm³/mol. The normalized spacial score (nSPS) is 19.7. The molecule has 1 aliphatic rings. The molecule has 0 unspecified atom stereocenters. The average molecular weight is 407 g/mol. The van der Waals surface area contributed by atoms with Gasteiger partial charge in [-0.15, -0.1) is 0 Å². The summed E-state index contributed by atoms with van der Waals surface area (Å²) >= 11 is 11.6. The molecule has 0 spiro atoms. The van der Waals surface area contributed by atoms with Crippen molar-refractivity contribution in [1.29, 1.82) is 0 Å². The second kappa shape index (κ2) is 7.16. The maximum atomic E-state index is 14.2. The van der Waals surface area contributed by atoms with Gasteiger partial charge in [0.15, 0.2) is 11.6 Å². The van der Waals surface area contributed by atoms with Crippen molar-refractivity contribution in [1.82, 2.24) is 15.3 Å². The zero-order valence-corrected chi connectivity index (χ0v) is 14.4. The Bertz CT molecular complexity index is 851. The van der Waals surface area contributed by atoms with Crippen molar-refractivity contribution in [3.05, 3.63) is 51.7 Å². The van der Waals surface area contributed by atoms with Gasteiger partial charge < -0.3 is 15.3 Å². The van der Waals surface area contributed by atoms with Crippen LogP contribution in [0.1, 0.15) is 11.5 Å². The van der Waals surface area contributed by atoms with Gasteiger partial charge in [-0.1, -0.05) is 11.6 Å². The Morgan fingerprint density at radius 1 is 1.12 bits per heavy atom. The minimum Gasteiger partial charge on any atom is -0.465 e. The number of nitrogens with one attached hydrogen (secondary N) is 1. The van der Waals surface area contributed by atoms with E-state index in [1.165, 1.54) is 6.07 Å². The number of amides is 1. The molecular formula is C15H11Cl2F3N4O2. The van der Waals surface area contributed by atoms with E-state index in [-0.39, 0.29) is 29.1 Å². The summed E-state index contributed by atoms with van der Waals surface area (Å²) in [5.41, 5.74) is -0.142. The number of hydrogen-bond donors (Lipinski definition) is 2. The highest BCUT2D eigenvalue weighted by Gasteiger charge is 2.37. The molecular weight excluding hydrogens is 396 g/mol. The first kappa shape index (κ1) is 18.5. The fourth-order valence-electron chi connectivity index (χ4n) is 2.97. The Labute approximate surface area is 155 Å². The third-order valence-corrected chi connectivity index (χ3v) is 4.41. The highest BCUT2D eigenvalue weighted by atomic mass is 35.5. The number of rotatable bonds is 3. The molecule has 1 aromatic carbocycles. The van der Waals surface area contributed by atoms with Crippen LogP contribution in [0.2, 0.25) is 10.4 Å². The number of hydrogen-bond acceptors (Lipinski definition) is 4. The summed E-state index contributed by atoms with van der Waals surface area (Å²) in [6.07, 6.45) is -1.33. The molecule has 1 amide bonds. The van der Waals surface area contributed by atoms with E-state index in [0.29, 0.717) is 11.9 Å². The van der Waals surface area contributed by atoms with Gasteiger partial charge in [0.2, 0.25) is 5.28 Å². The molecule has 2 N–H and O–H groups in total. The molecule has 1 saturated heterocycles. The molecule has 0 saturated carbocycles. The molecule has 2 atom stereocenters. The Morgan fingerprint density at radius 3 is 2.46 bits per heavy atom. The fraction of sp³-hybridized carbons (Fsp3) is 0.267. The van der Waals surface area contributed by atoms with Crippen molar-refractivity contribution in [2.24, 2.45) is 0 Å². The van der Waals surface area contributed by atoms with E-state index in [1.54, 1.807) is 4.90 Å². The van der Waals surface area contributed by atoms with Crippen LogP contribution in [0.3, 0.4) is 0 Å². The van der Waals surface area contributed by atoms with Crippen molar-refractivity contribution in [2.75, 3.05) is 18.0 Å². The molecule has 2 aromatic rings. The number of benzene rings is 1. The Kier molecular flexibility index (Phi) is 5.10. The van der Waals surface area contributed by atoms with Crippen molar-refractivity contribution >= 4 is 35.1 Å². The number of nitrogens with zero attached hydrogens (tertiary/aromatic N) is 3. The molecule has 138 valence electrons. The summed E-state index contributed by atoms with van der Waals surface area (Å²) in [4.78, 5) is 20.4. The molecule has 1 fully saturated rings. The van der Waals surface area contributed by atoms with Crippen LogP contribution >= 0.6 is 23.2 Å². The third kappa shape index (κ3) is 3.78. The standard InChI is InChI=1S/C15H11Cl2F3N4O2/c16-12-3-13(23-14(17)22-12)24-4-7(11(5-24)21-15(25)26)6-1-9(19)10(20)2-8(6)18/h1-3,7,11,21H,4-5H2,(H,25,26)/t7-,11+/m1/s1. The largest absolute Gasteiger partial charge is 0.465 e. The van der Waals surface area contributed by atoms with E-state index in [4.69, 9.17) is 28.3 Å². The van der Waals surface area contributed by atoms with Gasteiger partial charge in [0.05, 0.1) is 6.04 Å². The number of halogens is 5. The lowest BCUT2D eigenvalue weighted by Gasteiger charge is -2.19. The topological polar surface area (TPSA) is 78.4 Å². The zero-order chi connectivity index (χ0) is 19.0. The van der Waals surface area contributed by atoms with Gasteiger partial charge in [-0.05, 0) is 23.2 Å². The van der Waals surface area contributed by atoms with E-state index < -0.39 is 35.5 Å². The molecule has 11 heteroatoms. The number of carbonyl (C=O) groups is 1. The second-order valence-corrected chi connectivity index (χ2v) is 6.40. The van der Waals surface area contributed by atoms with Crippen LogP contribution in [0.25, 0.3) is 0 Å². The van der Waals surface area contributed by atoms with Crippen LogP contribution in [-0.4, -0.2) is 40.3 Å². The van der Waals surface area contributed by atoms with Crippen LogP contribution < -0.4 is 10.2 Å². The van der Waals surface area contributed by atoms with E-state index in [2.05, 4.69) is 15.3 Å². The monoisotopic (exact) mass is 406 g/mol. The van der Waals surface area contributed by atoms with Crippen LogP contribution in [0.4, 0.5) is 23.8 Å². The van der Waals surface area contributed by atoms with E-state index >= 15 is 0 Å². The molecule has 6 nitrogen and oxygen atoms in total. The average Bonchev–Trinajstić information content (AvgIpc) is 2.93. The molecule has 26 heavy (non-hydrogen) atoms. The highest BCUT2D eigenvalue weighted by Crippen LogP contribution is 2.33. The number of carboxylic acid groups (broad SMARTS) is 1. The van der Waals surface area contributed by atoms with E-state index in [0.717, 1.165) is 6.07 Å². The van der Waals surface area contributed by atoms with Gasteiger partial charge >= 0.3 is 6.09 Å². The maximum Gasteiger partial charge on any atom is 0.404 e. The molecule has 2 heterocycles. The smallest absolute Gasteiger partial charge is 0.404 e. The van der Waals surface area contributed by atoms with Crippen LogP contribution in [0.15, 0.2) is 18.2 Å². The van der Waals surface area contributed by atoms with Crippen molar-refractivity contribution in [2.45, 2.75) is 12.0 Å². The summed E-state index contributed by atoms with van der Waals surface area (Å²) in [5.74, 6) is -3.99. The summed E-state index contributed by atoms with van der Waals surface area (Å²) in [7, 11) is 0.